The summed E-state index contributed by atoms with van der Waals surface area (Å²) in [5.41, 5.74) is 0.860. The molecule has 0 amide bonds. The molecule has 2 rings (SSSR count). The van der Waals surface area contributed by atoms with Crippen molar-refractivity contribution in [1.82, 2.24) is 10.3 Å². The second-order valence-corrected chi connectivity index (χ2v) is 4.43. The molecular formula is C15H15F3N2. The number of pyridine rings is 1. The molecule has 1 aromatic carbocycles. The molecule has 0 aliphatic heterocycles. The molecule has 0 aliphatic carbocycles. The highest BCUT2D eigenvalue weighted by atomic mass is 19.2. The van der Waals surface area contributed by atoms with Gasteiger partial charge in [0.1, 0.15) is 5.82 Å². The summed E-state index contributed by atoms with van der Waals surface area (Å²) >= 11 is 0. The molecule has 20 heavy (non-hydrogen) atoms. The number of hydrogen-bond acceptors (Lipinski definition) is 2. The van der Waals surface area contributed by atoms with Crippen LogP contribution in [0.2, 0.25) is 0 Å². The Morgan fingerprint density at radius 3 is 2.55 bits per heavy atom. The van der Waals surface area contributed by atoms with Crippen molar-refractivity contribution in [1.29, 1.82) is 0 Å². The minimum atomic E-state index is -0.903. The van der Waals surface area contributed by atoms with E-state index in [0.29, 0.717) is 18.5 Å². The van der Waals surface area contributed by atoms with Gasteiger partial charge in [-0.05, 0) is 42.8 Å². The minimum Gasteiger partial charge on any atom is -0.309 e. The van der Waals surface area contributed by atoms with Gasteiger partial charge in [-0.1, -0.05) is 13.0 Å². The van der Waals surface area contributed by atoms with Crippen LogP contribution >= 0.6 is 0 Å². The number of nitrogens with zero attached hydrogens (tertiary/aromatic N) is 1. The fourth-order valence-electron chi connectivity index (χ4n) is 2.07. The summed E-state index contributed by atoms with van der Waals surface area (Å²) in [5, 5.41) is 3.10. The van der Waals surface area contributed by atoms with Crippen LogP contribution in [0, 0.1) is 17.5 Å². The predicted octanol–water partition coefficient (Wildman–Crippen LogP) is 3.39. The van der Waals surface area contributed by atoms with Crippen molar-refractivity contribution in [2.24, 2.45) is 0 Å². The maximum Gasteiger partial charge on any atom is 0.159 e. The van der Waals surface area contributed by atoms with Gasteiger partial charge >= 0.3 is 0 Å². The third kappa shape index (κ3) is 3.36. The Kier molecular flexibility index (Phi) is 4.74. The first-order valence-corrected chi connectivity index (χ1v) is 6.39. The van der Waals surface area contributed by atoms with Gasteiger partial charge in [0, 0.05) is 6.20 Å². The van der Waals surface area contributed by atoms with Crippen LogP contribution in [0.4, 0.5) is 13.2 Å². The SMILES string of the molecule is CCNC(Cc1ccc(F)c(F)c1)c1ncccc1F. The molecular weight excluding hydrogens is 265 g/mol. The van der Waals surface area contributed by atoms with E-state index in [9.17, 15) is 13.2 Å². The van der Waals surface area contributed by atoms with Crippen molar-refractivity contribution in [2.45, 2.75) is 19.4 Å². The molecule has 0 saturated heterocycles. The van der Waals surface area contributed by atoms with Crippen LogP contribution in [0.3, 0.4) is 0 Å². The van der Waals surface area contributed by atoms with Crippen LogP contribution < -0.4 is 5.32 Å². The monoisotopic (exact) mass is 280 g/mol. The first kappa shape index (κ1) is 14.5. The molecule has 0 bridgehead atoms. The Morgan fingerprint density at radius 2 is 1.90 bits per heavy atom. The van der Waals surface area contributed by atoms with E-state index in [1.54, 1.807) is 0 Å². The molecule has 106 valence electrons. The number of aromatic nitrogens is 1. The molecule has 1 unspecified atom stereocenters. The van der Waals surface area contributed by atoms with Crippen LogP contribution in [0.15, 0.2) is 36.5 Å². The fourth-order valence-corrected chi connectivity index (χ4v) is 2.07. The molecule has 2 aromatic rings. The van der Waals surface area contributed by atoms with Crippen molar-refractivity contribution in [2.75, 3.05) is 6.54 Å². The van der Waals surface area contributed by atoms with Crippen LogP contribution in [-0.4, -0.2) is 11.5 Å². The van der Waals surface area contributed by atoms with Gasteiger partial charge in [-0.2, -0.15) is 0 Å². The van der Waals surface area contributed by atoms with E-state index in [1.807, 2.05) is 6.92 Å². The highest BCUT2D eigenvalue weighted by Gasteiger charge is 2.17. The molecule has 1 aromatic heterocycles. The zero-order valence-corrected chi connectivity index (χ0v) is 11.0. The topological polar surface area (TPSA) is 24.9 Å². The van der Waals surface area contributed by atoms with Crippen molar-refractivity contribution in [3.8, 4) is 0 Å². The van der Waals surface area contributed by atoms with Crippen molar-refractivity contribution in [3.63, 3.8) is 0 Å². The zero-order chi connectivity index (χ0) is 14.5. The first-order valence-electron chi connectivity index (χ1n) is 6.39. The molecule has 1 N–H and O–H groups in total. The van der Waals surface area contributed by atoms with Gasteiger partial charge in [0.2, 0.25) is 0 Å². The van der Waals surface area contributed by atoms with Crippen LogP contribution in [0.25, 0.3) is 0 Å². The Bertz CT molecular complexity index is 587. The standard InChI is InChI=1S/C15H15F3N2/c1-2-19-14(15-12(17)4-3-7-20-15)9-10-5-6-11(16)13(18)8-10/h3-8,14,19H,2,9H2,1H3. The lowest BCUT2D eigenvalue weighted by molar-refractivity contribution is 0.486. The van der Waals surface area contributed by atoms with Gasteiger partial charge in [-0.15, -0.1) is 0 Å². The summed E-state index contributed by atoms with van der Waals surface area (Å²) in [6.07, 6.45) is 1.84. The van der Waals surface area contributed by atoms with E-state index >= 15 is 0 Å². The number of hydrogen-bond donors (Lipinski definition) is 1. The first-order chi connectivity index (χ1) is 9.61. The lowest BCUT2D eigenvalue weighted by atomic mass is 10.0. The Hall–Kier alpha value is -1.88. The van der Waals surface area contributed by atoms with Gasteiger partial charge in [0.05, 0.1) is 11.7 Å². The lowest BCUT2D eigenvalue weighted by Gasteiger charge is -2.18. The summed E-state index contributed by atoms with van der Waals surface area (Å²) in [4.78, 5) is 4.03. The Morgan fingerprint density at radius 1 is 1.10 bits per heavy atom. The second-order valence-electron chi connectivity index (χ2n) is 4.43. The number of nitrogens with one attached hydrogen (secondary N) is 1. The van der Waals surface area contributed by atoms with E-state index < -0.39 is 17.5 Å². The third-order valence-corrected chi connectivity index (χ3v) is 2.99. The smallest absolute Gasteiger partial charge is 0.159 e. The highest BCUT2D eigenvalue weighted by molar-refractivity contribution is 5.22. The van der Waals surface area contributed by atoms with Crippen molar-refractivity contribution < 1.29 is 13.2 Å². The maximum absolute atomic E-state index is 13.8. The number of halogens is 3. The van der Waals surface area contributed by atoms with Gasteiger partial charge in [0.25, 0.3) is 0 Å². The Labute approximate surface area is 115 Å². The molecule has 0 aliphatic rings. The Balaban J connectivity index is 2.25. The lowest BCUT2D eigenvalue weighted by Crippen LogP contribution is -2.25. The van der Waals surface area contributed by atoms with E-state index in [4.69, 9.17) is 0 Å². The molecule has 0 radical (unpaired) electrons. The molecule has 1 atom stereocenters. The highest BCUT2D eigenvalue weighted by Crippen LogP contribution is 2.20. The molecule has 2 nitrogen and oxygen atoms in total. The summed E-state index contributed by atoms with van der Waals surface area (Å²) in [6.45, 7) is 2.50. The van der Waals surface area contributed by atoms with Gasteiger partial charge < -0.3 is 5.32 Å². The van der Waals surface area contributed by atoms with E-state index in [1.165, 1.54) is 24.4 Å². The average molecular weight is 280 g/mol. The van der Waals surface area contributed by atoms with Gasteiger partial charge in [-0.3, -0.25) is 4.98 Å². The van der Waals surface area contributed by atoms with Crippen molar-refractivity contribution >= 4 is 0 Å². The van der Waals surface area contributed by atoms with E-state index in [0.717, 1.165) is 12.1 Å². The minimum absolute atomic E-state index is 0.277. The molecule has 1 heterocycles. The molecule has 0 spiro atoms. The van der Waals surface area contributed by atoms with Crippen LogP contribution in [0.1, 0.15) is 24.2 Å². The van der Waals surface area contributed by atoms with Crippen molar-refractivity contribution in [3.05, 3.63) is 65.2 Å². The quantitative estimate of drug-likeness (QED) is 0.908. The third-order valence-electron chi connectivity index (χ3n) is 2.99. The number of rotatable bonds is 5. The maximum atomic E-state index is 13.8. The normalized spacial score (nSPS) is 12.4. The molecule has 0 fully saturated rings. The van der Waals surface area contributed by atoms with Gasteiger partial charge in [0.15, 0.2) is 11.6 Å². The molecule has 5 heteroatoms. The summed E-state index contributed by atoms with van der Waals surface area (Å²) in [7, 11) is 0. The van der Waals surface area contributed by atoms with E-state index in [2.05, 4.69) is 10.3 Å². The van der Waals surface area contributed by atoms with Crippen LogP contribution in [-0.2, 0) is 6.42 Å². The fraction of sp³-hybridized carbons (Fsp3) is 0.267. The number of benzene rings is 1. The predicted molar refractivity (Wildman–Crippen MR) is 70.7 cm³/mol. The average Bonchev–Trinajstić information content (AvgIpc) is 2.43. The summed E-state index contributed by atoms with van der Waals surface area (Å²) in [6, 6.07) is 6.15. The zero-order valence-electron chi connectivity index (χ0n) is 11.0. The second kappa shape index (κ2) is 6.52. The summed E-state index contributed by atoms with van der Waals surface area (Å²) < 4.78 is 39.9. The van der Waals surface area contributed by atoms with E-state index in [-0.39, 0.29) is 11.7 Å². The molecule has 0 saturated carbocycles. The largest absolute Gasteiger partial charge is 0.309 e. The van der Waals surface area contributed by atoms with Crippen LogP contribution in [0.5, 0.6) is 0 Å². The number of likely N-dealkylation sites (N-methyl/N-ethyl adjacent to an activating group) is 1. The van der Waals surface area contributed by atoms with Gasteiger partial charge in [-0.25, -0.2) is 13.2 Å². The summed E-state index contributed by atoms with van der Waals surface area (Å²) in [5.74, 6) is -2.21.